The maximum atomic E-state index is 13.0. The molecule has 0 fully saturated rings. The Morgan fingerprint density at radius 2 is 2.00 bits per heavy atom. The summed E-state index contributed by atoms with van der Waals surface area (Å²) in [6.07, 6.45) is 5.92. The lowest BCUT2D eigenvalue weighted by molar-refractivity contribution is -0.124. The van der Waals surface area contributed by atoms with E-state index in [4.69, 9.17) is 4.98 Å². The summed E-state index contributed by atoms with van der Waals surface area (Å²) in [6.45, 7) is 7.56. The lowest BCUT2D eigenvalue weighted by Crippen LogP contribution is -2.41. The fourth-order valence-electron chi connectivity index (χ4n) is 2.99. The van der Waals surface area contributed by atoms with Gasteiger partial charge in [-0.25, -0.2) is 9.66 Å². The van der Waals surface area contributed by atoms with E-state index in [1.165, 1.54) is 21.5 Å². The van der Waals surface area contributed by atoms with Crippen LogP contribution in [0.15, 0.2) is 4.79 Å². The molecule has 0 unspecified atom stereocenters. The van der Waals surface area contributed by atoms with Crippen molar-refractivity contribution in [2.75, 3.05) is 5.43 Å². The predicted molar refractivity (Wildman–Crippen MR) is 98.3 cm³/mol. The highest BCUT2D eigenvalue weighted by atomic mass is 32.1. The van der Waals surface area contributed by atoms with Gasteiger partial charge < -0.3 is 0 Å². The van der Waals surface area contributed by atoms with E-state index in [0.717, 1.165) is 31.2 Å². The van der Waals surface area contributed by atoms with Gasteiger partial charge in [-0.1, -0.05) is 27.7 Å². The van der Waals surface area contributed by atoms with Gasteiger partial charge in [0.25, 0.3) is 5.56 Å². The van der Waals surface area contributed by atoms with Crippen LogP contribution in [-0.2, 0) is 24.1 Å². The number of thiophene rings is 1. The molecule has 6 heteroatoms. The molecule has 130 valence electrons. The largest absolute Gasteiger partial charge is 0.290 e. The maximum Gasteiger partial charge on any atom is 0.290 e. The first-order valence-electron chi connectivity index (χ1n) is 8.70. The van der Waals surface area contributed by atoms with Gasteiger partial charge in [-0.15, -0.1) is 11.3 Å². The Bertz CT molecular complexity index is 843. The minimum Gasteiger partial charge on any atom is -0.273 e. The molecule has 0 saturated carbocycles. The molecule has 0 aromatic carbocycles. The van der Waals surface area contributed by atoms with Crippen molar-refractivity contribution < 1.29 is 4.79 Å². The van der Waals surface area contributed by atoms with Gasteiger partial charge in [0.15, 0.2) is 0 Å². The second kappa shape index (κ2) is 6.31. The molecule has 3 rings (SSSR count). The van der Waals surface area contributed by atoms with Gasteiger partial charge in [-0.2, -0.15) is 0 Å². The van der Waals surface area contributed by atoms with E-state index in [1.807, 2.05) is 20.8 Å². The van der Waals surface area contributed by atoms with Crippen LogP contribution in [0.2, 0.25) is 0 Å². The van der Waals surface area contributed by atoms with Gasteiger partial charge in [0.2, 0.25) is 5.91 Å². The fraction of sp³-hybridized carbons (Fsp3) is 0.611. The lowest BCUT2D eigenvalue weighted by atomic mass is 9.96. The van der Waals surface area contributed by atoms with Gasteiger partial charge in [-0.3, -0.25) is 15.0 Å². The van der Waals surface area contributed by atoms with E-state index in [9.17, 15) is 9.59 Å². The summed E-state index contributed by atoms with van der Waals surface area (Å²) in [6, 6.07) is 0. The van der Waals surface area contributed by atoms with Crippen molar-refractivity contribution in [1.82, 2.24) is 9.66 Å². The van der Waals surface area contributed by atoms with Gasteiger partial charge >= 0.3 is 0 Å². The molecule has 0 atom stereocenters. The number of amides is 1. The molecule has 1 aliphatic rings. The minimum atomic E-state index is -0.563. The van der Waals surface area contributed by atoms with E-state index in [0.29, 0.717) is 16.9 Å². The summed E-state index contributed by atoms with van der Waals surface area (Å²) in [7, 11) is 0. The Balaban J connectivity index is 2.17. The normalized spacial score (nSPS) is 14.7. The first kappa shape index (κ1) is 17.1. The van der Waals surface area contributed by atoms with Crippen molar-refractivity contribution in [1.29, 1.82) is 0 Å². The van der Waals surface area contributed by atoms with Crippen molar-refractivity contribution in [2.45, 2.75) is 66.2 Å². The molecule has 5 nitrogen and oxygen atoms in total. The molecule has 0 bridgehead atoms. The molecule has 2 heterocycles. The lowest BCUT2D eigenvalue weighted by Gasteiger charge is -2.20. The predicted octanol–water partition coefficient (Wildman–Crippen LogP) is 3.41. The molecule has 2 aromatic heterocycles. The summed E-state index contributed by atoms with van der Waals surface area (Å²) in [4.78, 5) is 31.5. The molecular formula is C18H25N3O2S. The first-order chi connectivity index (χ1) is 11.3. The number of carbonyl (C=O) groups excluding carboxylic acids is 1. The number of hydrogen-bond acceptors (Lipinski definition) is 4. The standard InChI is InChI=1S/C18H25N3O2S/c1-5-8-13-19-14-11-9-6-7-10-12(11)24-15(14)16(22)21(13)20-17(23)18(2,3)4/h5-10H2,1-4H3,(H,20,23). The molecule has 1 amide bonds. The molecule has 1 N–H and O–H groups in total. The first-order valence-corrected chi connectivity index (χ1v) is 9.52. The van der Waals surface area contributed by atoms with E-state index < -0.39 is 5.41 Å². The highest BCUT2D eigenvalue weighted by molar-refractivity contribution is 7.19. The minimum absolute atomic E-state index is 0.138. The van der Waals surface area contributed by atoms with Crippen molar-refractivity contribution in [3.05, 3.63) is 26.6 Å². The van der Waals surface area contributed by atoms with E-state index in [1.54, 1.807) is 11.3 Å². The average Bonchev–Trinajstić information content (AvgIpc) is 2.89. The van der Waals surface area contributed by atoms with Gasteiger partial charge in [0.1, 0.15) is 10.5 Å². The number of nitrogens with one attached hydrogen (secondary N) is 1. The second-order valence-corrected chi connectivity index (χ2v) is 8.60. The van der Waals surface area contributed by atoms with Crippen LogP contribution in [-0.4, -0.2) is 15.6 Å². The van der Waals surface area contributed by atoms with Crippen molar-refractivity contribution in [2.24, 2.45) is 5.41 Å². The number of nitrogens with zero attached hydrogens (tertiary/aromatic N) is 2. The highest BCUT2D eigenvalue weighted by Gasteiger charge is 2.25. The molecular weight excluding hydrogens is 322 g/mol. The SMILES string of the molecule is CCCc1nc2c3c(sc2c(=O)n1NC(=O)C(C)(C)C)CCCC3. The monoisotopic (exact) mass is 347 g/mol. The second-order valence-electron chi connectivity index (χ2n) is 7.50. The van der Waals surface area contributed by atoms with Crippen molar-refractivity contribution in [3.63, 3.8) is 0 Å². The van der Waals surface area contributed by atoms with Crippen LogP contribution in [0.1, 0.15) is 63.2 Å². The zero-order valence-corrected chi connectivity index (χ0v) is 15.7. The third kappa shape index (κ3) is 2.99. The van der Waals surface area contributed by atoms with Crippen molar-refractivity contribution in [3.8, 4) is 0 Å². The molecule has 2 aromatic rings. The van der Waals surface area contributed by atoms with E-state index >= 15 is 0 Å². The zero-order valence-electron chi connectivity index (χ0n) is 14.9. The smallest absolute Gasteiger partial charge is 0.273 e. The highest BCUT2D eigenvalue weighted by Crippen LogP contribution is 2.33. The number of aryl methyl sites for hydroxylation is 3. The summed E-state index contributed by atoms with van der Waals surface area (Å²) in [5, 5.41) is 0. The van der Waals surface area contributed by atoms with Crippen LogP contribution in [0.3, 0.4) is 0 Å². The Morgan fingerprint density at radius 1 is 1.29 bits per heavy atom. The average molecular weight is 347 g/mol. The number of aromatic nitrogens is 2. The van der Waals surface area contributed by atoms with Crippen LogP contribution in [0.4, 0.5) is 0 Å². The van der Waals surface area contributed by atoms with Crippen LogP contribution < -0.4 is 11.0 Å². The third-order valence-corrected chi connectivity index (χ3v) is 5.68. The van der Waals surface area contributed by atoms with Crippen LogP contribution in [0, 0.1) is 5.41 Å². The number of fused-ring (bicyclic) bond motifs is 3. The van der Waals surface area contributed by atoms with Crippen LogP contribution in [0.5, 0.6) is 0 Å². The van der Waals surface area contributed by atoms with Crippen molar-refractivity contribution >= 4 is 27.5 Å². The number of hydrogen-bond donors (Lipinski definition) is 1. The molecule has 0 radical (unpaired) electrons. The summed E-state index contributed by atoms with van der Waals surface area (Å²) < 4.78 is 2.05. The Hall–Kier alpha value is -1.69. The van der Waals surface area contributed by atoms with E-state index in [-0.39, 0.29) is 11.5 Å². The number of rotatable bonds is 3. The van der Waals surface area contributed by atoms with Gasteiger partial charge in [0, 0.05) is 16.7 Å². The topological polar surface area (TPSA) is 64.0 Å². The van der Waals surface area contributed by atoms with E-state index in [2.05, 4.69) is 12.3 Å². The summed E-state index contributed by atoms with van der Waals surface area (Å²) >= 11 is 1.55. The summed E-state index contributed by atoms with van der Waals surface area (Å²) in [5.41, 5.74) is 4.20. The van der Waals surface area contributed by atoms with Crippen LogP contribution >= 0.6 is 11.3 Å². The van der Waals surface area contributed by atoms with Crippen LogP contribution in [0.25, 0.3) is 10.2 Å². The maximum absolute atomic E-state index is 13.0. The number of carbonyl (C=O) groups is 1. The fourth-order valence-corrected chi connectivity index (χ4v) is 4.25. The molecule has 0 saturated heterocycles. The molecule has 0 aliphatic heterocycles. The Labute approximate surface area is 146 Å². The summed E-state index contributed by atoms with van der Waals surface area (Å²) in [5.74, 6) is 0.475. The zero-order chi connectivity index (χ0) is 17.5. The Morgan fingerprint density at radius 3 is 2.67 bits per heavy atom. The van der Waals surface area contributed by atoms with Gasteiger partial charge in [0.05, 0.1) is 5.52 Å². The third-order valence-electron chi connectivity index (χ3n) is 4.41. The Kier molecular flexibility index (Phi) is 4.51. The molecule has 1 aliphatic carbocycles. The quantitative estimate of drug-likeness (QED) is 0.925. The van der Waals surface area contributed by atoms with Gasteiger partial charge in [-0.05, 0) is 37.7 Å². The molecule has 24 heavy (non-hydrogen) atoms. The molecule has 0 spiro atoms.